The summed E-state index contributed by atoms with van der Waals surface area (Å²) in [4.78, 5) is 19.3. The molecule has 2 aromatic rings. The normalized spacial score (nSPS) is 13.3. The van der Waals surface area contributed by atoms with Gasteiger partial charge in [0.25, 0.3) is 5.91 Å². The van der Waals surface area contributed by atoms with Crippen LogP contribution in [0.4, 0.5) is 5.69 Å². The lowest BCUT2D eigenvalue weighted by Gasteiger charge is -2.08. The van der Waals surface area contributed by atoms with Crippen molar-refractivity contribution in [1.29, 1.82) is 0 Å². The first-order valence-electron chi connectivity index (χ1n) is 5.76. The van der Waals surface area contributed by atoms with Gasteiger partial charge in [-0.1, -0.05) is 6.07 Å². The van der Waals surface area contributed by atoms with Crippen molar-refractivity contribution >= 4 is 23.4 Å². The summed E-state index contributed by atoms with van der Waals surface area (Å²) in [5.41, 5.74) is 8.15. The highest BCUT2D eigenvalue weighted by Gasteiger charge is 2.22. The van der Waals surface area contributed by atoms with Crippen LogP contribution >= 0.6 is 0 Å². The number of nitrogens with zero attached hydrogens (tertiary/aromatic N) is 3. The molecule has 0 saturated carbocycles. The van der Waals surface area contributed by atoms with Crippen LogP contribution in [0.3, 0.4) is 0 Å². The second-order valence-corrected chi connectivity index (χ2v) is 4.10. The van der Waals surface area contributed by atoms with Gasteiger partial charge in [-0.2, -0.15) is 4.58 Å². The number of aromatic nitrogens is 2. The molecule has 19 heavy (non-hydrogen) atoms. The van der Waals surface area contributed by atoms with E-state index < -0.39 is 5.91 Å². The number of carbonyl (C=O) groups excluding carboxylic acids is 1. The van der Waals surface area contributed by atoms with Gasteiger partial charge in [-0.3, -0.25) is 9.78 Å². The number of rotatable bonds is 3. The monoisotopic (exact) mass is 251 g/mol. The summed E-state index contributed by atoms with van der Waals surface area (Å²) < 4.78 is 1.95. The molecule has 0 spiro atoms. The molecule has 1 aliphatic rings. The Kier molecular flexibility index (Phi) is 2.64. The van der Waals surface area contributed by atoms with Crippen molar-refractivity contribution in [1.82, 2.24) is 9.97 Å². The fourth-order valence-corrected chi connectivity index (χ4v) is 1.81. The number of nitrogens with two attached hydrogens (primary N) is 1. The molecule has 0 aliphatic carbocycles. The summed E-state index contributed by atoms with van der Waals surface area (Å²) >= 11 is 0. The predicted molar refractivity (Wildman–Crippen MR) is 71.0 cm³/mol. The Balaban J connectivity index is 1.84. The van der Waals surface area contributed by atoms with E-state index in [2.05, 4.69) is 9.97 Å². The van der Waals surface area contributed by atoms with E-state index in [9.17, 15) is 4.79 Å². The maximum absolute atomic E-state index is 11.1. The Morgan fingerprint density at radius 3 is 2.74 bits per heavy atom. The Bertz CT molecular complexity index is 704. The number of carbonyl (C=O) groups is 1. The van der Waals surface area contributed by atoms with Gasteiger partial charge in [-0.05, 0) is 18.2 Å². The van der Waals surface area contributed by atoms with E-state index in [-0.39, 0.29) is 5.69 Å². The van der Waals surface area contributed by atoms with Crippen LogP contribution in [0.5, 0.6) is 0 Å². The maximum atomic E-state index is 11.1. The molecule has 0 atom stereocenters. The molecule has 3 rings (SSSR count). The van der Waals surface area contributed by atoms with Gasteiger partial charge in [-0.15, -0.1) is 0 Å². The zero-order chi connectivity index (χ0) is 13.2. The maximum Gasteiger partial charge on any atom is 0.267 e. The van der Waals surface area contributed by atoms with Crippen LogP contribution < -0.4 is 5.73 Å². The van der Waals surface area contributed by atoms with Gasteiger partial charge in [-0.25, -0.2) is 4.98 Å². The number of allylic oxidation sites excluding steroid dienone is 1. The van der Waals surface area contributed by atoms with Crippen LogP contribution in [0.2, 0.25) is 0 Å². The molecule has 1 aliphatic heterocycles. The Morgan fingerprint density at radius 1 is 1.21 bits per heavy atom. The molecule has 2 aromatic heterocycles. The van der Waals surface area contributed by atoms with Crippen LogP contribution in [0.15, 0.2) is 48.9 Å². The minimum atomic E-state index is -0.522. The average molecular weight is 251 g/mol. The van der Waals surface area contributed by atoms with Gasteiger partial charge in [0.05, 0.1) is 11.9 Å². The third-order valence-electron chi connectivity index (χ3n) is 2.80. The van der Waals surface area contributed by atoms with Crippen molar-refractivity contribution < 1.29 is 9.37 Å². The van der Waals surface area contributed by atoms with Gasteiger partial charge < -0.3 is 5.73 Å². The molecule has 3 heterocycles. The molecule has 0 aromatic carbocycles. The second-order valence-electron chi connectivity index (χ2n) is 4.10. The summed E-state index contributed by atoms with van der Waals surface area (Å²) in [5.74, 6) is -0.522. The zero-order valence-electron chi connectivity index (χ0n) is 10.0. The SMILES string of the molecule is NC(=O)c1cccc(C2=C[N+](c3cccnc3)=C2)n1. The number of pyridine rings is 2. The van der Waals surface area contributed by atoms with E-state index in [1.165, 1.54) is 0 Å². The first-order valence-corrected chi connectivity index (χ1v) is 5.76. The number of amides is 1. The van der Waals surface area contributed by atoms with Crippen LogP contribution in [0.25, 0.3) is 5.57 Å². The Morgan fingerprint density at radius 2 is 2.05 bits per heavy atom. The molecule has 5 heteroatoms. The molecule has 0 radical (unpaired) electrons. The standard InChI is InChI=1S/C14H10N4O/c15-14(19)13-5-1-4-12(17-13)10-8-18(9-10)11-3-2-6-16-7-11/h1-9H,(H-,15,19)/p+1. The quantitative estimate of drug-likeness (QED) is 0.837. The summed E-state index contributed by atoms with van der Waals surface area (Å²) in [6.07, 6.45) is 7.37. The van der Waals surface area contributed by atoms with Crippen molar-refractivity contribution in [2.24, 2.45) is 5.73 Å². The lowest BCUT2D eigenvalue weighted by Crippen LogP contribution is -2.16. The van der Waals surface area contributed by atoms with Crippen molar-refractivity contribution in [3.05, 3.63) is 60.3 Å². The van der Waals surface area contributed by atoms with Gasteiger partial charge in [0.2, 0.25) is 5.69 Å². The summed E-state index contributed by atoms with van der Waals surface area (Å²) in [6.45, 7) is 0. The highest BCUT2D eigenvalue weighted by molar-refractivity contribution is 6.10. The predicted octanol–water partition coefficient (Wildman–Crippen LogP) is 1.34. The lowest BCUT2D eigenvalue weighted by atomic mass is 10.1. The van der Waals surface area contributed by atoms with Crippen LogP contribution in [-0.2, 0) is 0 Å². The highest BCUT2D eigenvalue weighted by atomic mass is 16.1. The molecule has 0 fully saturated rings. The minimum Gasteiger partial charge on any atom is -0.364 e. The van der Waals surface area contributed by atoms with Crippen LogP contribution in [0.1, 0.15) is 16.2 Å². The molecule has 5 nitrogen and oxygen atoms in total. The van der Waals surface area contributed by atoms with Crippen molar-refractivity contribution in [3.63, 3.8) is 0 Å². The number of hydrogen-bond acceptors (Lipinski definition) is 3. The zero-order valence-corrected chi connectivity index (χ0v) is 10.0. The second kappa shape index (κ2) is 4.45. The van der Waals surface area contributed by atoms with E-state index in [4.69, 9.17) is 5.73 Å². The molecule has 2 N–H and O–H groups in total. The molecular formula is C14H11N4O+. The molecule has 0 saturated heterocycles. The topological polar surface area (TPSA) is 71.9 Å². The number of primary amides is 1. The van der Waals surface area contributed by atoms with E-state index in [0.29, 0.717) is 0 Å². The molecule has 0 unspecified atom stereocenters. The first-order chi connectivity index (χ1) is 9.24. The average Bonchev–Trinajstić information content (AvgIpc) is 2.39. The Hall–Kier alpha value is -2.82. The van der Waals surface area contributed by atoms with Gasteiger partial charge in [0.1, 0.15) is 11.3 Å². The largest absolute Gasteiger partial charge is 0.364 e. The third-order valence-corrected chi connectivity index (χ3v) is 2.80. The lowest BCUT2D eigenvalue weighted by molar-refractivity contribution is -0.362. The van der Waals surface area contributed by atoms with Crippen molar-refractivity contribution in [3.8, 4) is 0 Å². The molecular weight excluding hydrogens is 240 g/mol. The third kappa shape index (κ3) is 2.13. The molecule has 92 valence electrons. The fourth-order valence-electron chi connectivity index (χ4n) is 1.81. The van der Waals surface area contributed by atoms with E-state index in [0.717, 1.165) is 17.0 Å². The summed E-state index contributed by atoms with van der Waals surface area (Å²) in [7, 11) is 0. The van der Waals surface area contributed by atoms with Crippen LogP contribution in [-0.4, -0.2) is 26.7 Å². The molecule has 0 bridgehead atoms. The van der Waals surface area contributed by atoms with Gasteiger partial charge in [0, 0.05) is 12.3 Å². The van der Waals surface area contributed by atoms with E-state index in [1.54, 1.807) is 24.5 Å². The molecule has 1 amide bonds. The summed E-state index contributed by atoms with van der Waals surface area (Å²) in [5, 5.41) is 0. The van der Waals surface area contributed by atoms with Crippen LogP contribution in [0, 0.1) is 0 Å². The van der Waals surface area contributed by atoms with E-state index >= 15 is 0 Å². The first kappa shape index (κ1) is 11.3. The minimum absolute atomic E-state index is 0.270. The van der Waals surface area contributed by atoms with Crippen molar-refractivity contribution in [2.75, 3.05) is 0 Å². The Labute approximate surface area is 109 Å². The highest BCUT2D eigenvalue weighted by Crippen LogP contribution is 2.22. The summed E-state index contributed by atoms with van der Waals surface area (Å²) in [6, 6.07) is 9.05. The van der Waals surface area contributed by atoms with Gasteiger partial charge >= 0.3 is 0 Å². The fraction of sp³-hybridized carbons (Fsp3) is 0. The smallest absolute Gasteiger partial charge is 0.267 e. The van der Waals surface area contributed by atoms with E-state index in [1.807, 2.05) is 35.2 Å². The van der Waals surface area contributed by atoms with Gasteiger partial charge in [0.15, 0.2) is 12.4 Å². The number of hydrogen-bond donors (Lipinski definition) is 1. The van der Waals surface area contributed by atoms with Crippen molar-refractivity contribution in [2.45, 2.75) is 0 Å².